The average molecular weight is 452 g/mol. The number of rotatable bonds is 3. The number of nitriles is 2. The van der Waals surface area contributed by atoms with Crippen LogP contribution in [0, 0.1) is 28.1 Å². The van der Waals surface area contributed by atoms with Gasteiger partial charge in [0, 0.05) is 22.7 Å². The Morgan fingerprint density at radius 1 is 0.800 bits per heavy atom. The highest BCUT2D eigenvalue weighted by molar-refractivity contribution is 6.06. The van der Waals surface area contributed by atoms with E-state index < -0.39 is 23.4 Å². The van der Waals surface area contributed by atoms with E-state index >= 15 is 0 Å². The molecule has 2 aliphatic heterocycles. The lowest BCUT2D eigenvalue weighted by Gasteiger charge is -2.36. The molecule has 0 spiro atoms. The number of carbonyl (C=O) groups excluding carboxylic acids is 1. The number of hydrogen-bond acceptors (Lipinski definition) is 4. The molecule has 2 aliphatic rings. The van der Waals surface area contributed by atoms with Crippen LogP contribution in [0.25, 0.3) is 16.8 Å². The number of carbonyl (C=O) groups is 1. The molecule has 1 saturated heterocycles. The summed E-state index contributed by atoms with van der Waals surface area (Å²) in [7, 11) is 0. The predicted molar refractivity (Wildman–Crippen MR) is 137 cm³/mol. The molecule has 4 heteroatoms. The van der Waals surface area contributed by atoms with Crippen LogP contribution in [-0.4, -0.2) is 17.9 Å². The van der Waals surface area contributed by atoms with Gasteiger partial charge in [-0.05, 0) is 22.4 Å². The fourth-order valence-corrected chi connectivity index (χ4v) is 5.85. The smallest absolute Gasteiger partial charge is 0.185 e. The van der Waals surface area contributed by atoms with Crippen molar-refractivity contribution in [3.05, 3.63) is 120 Å². The Balaban J connectivity index is 1.65. The Morgan fingerprint density at radius 3 is 2.17 bits per heavy atom. The third kappa shape index (κ3) is 2.94. The number of fused-ring (bicyclic) bond motifs is 5. The van der Waals surface area contributed by atoms with Crippen molar-refractivity contribution in [2.75, 3.05) is 4.90 Å². The summed E-state index contributed by atoms with van der Waals surface area (Å²) in [6, 6.07) is 34.4. The van der Waals surface area contributed by atoms with Crippen LogP contribution < -0.4 is 4.90 Å². The number of ketones is 1. The molecule has 4 nitrogen and oxygen atoms in total. The molecule has 4 aromatic carbocycles. The van der Waals surface area contributed by atoms with E-state index in [1.54, 1.807) is 12.1 Å². The first-order chi connectivity index (χ1) is 17.2. The Bertz CT molecular complexity index is 1550. The summed E-state index contributed by atoms with van der Waals surface area (Å²) < 4.78 is 0. The fraction of sp³-hybridized carbons (Fsp3) is 0.129. The highest BCUT2D eigenvalue weighted by atomic mass is 16.1. The summed E-state index contributed by atoms with van der Waals surface area (Å²) in [5.41, 5.74) is 1.83. The van der Waals surface area contributed by atoms with Gasteiger partial charge in [-0.3, -0.25) is 4.79 Å². The molecule has 0 unspecified atom stereocenters. The van der Waals surface area contributed by atoms with Crippen molar-refractivity contribution in [2.24, 2.45) is 5.41 Å². The van der Waals surface area contributed by atoms with Gasteiger partial charge in [0.25, 0.3) is 0 Å². The molecule has 6 rings (SSSR count). The maximum absolute atomic E-state index is 14.2. The minimum Gasteiger partial charge on any atom is -0.351 e. The minimum atomic E-state index is -1.43. The van der Waals surface area contributed by atoms with Crippen molar-refractivity contribution in [1.29, 1.82) is 10.5 Å². The zero-order valence-corrected chi connectivity index (χ0v) is 18.9. The van der Waals surface area contributed by atoms with Gasteiger partial charge in [-0.1, -0.05) is 103 Å². The highest BCUT2D eigenvalue weighted by Gasteiger charge is 2.63. The van der Waals surface area contributed by atoms with E-state index in [-0.39, 0.29) is 5.78 Å². The monoisotopic (exact) mass is 451 g/mol. The normalized spacial score (nSPS) is 21.5. The van der Waals surface area contributed by atoms with Gasteiger partial charge in [0.05, 0.1) is 18.2 Å². The van der Waals surface area contributed by atoms with E-state index in [2.05, 4.69) is 24.3 Å². The number of anilines is 1. The van der Waals surface area contributed by atoms with E-state index in [9.17, 15) is 15.3 Å². The number of nitrogens with zero attached hydrogens (tertiary/aromatic N) is 3. The van der Waals surface area contributed by atoms with Gasteiger partial charge < -0.3 is 4.90 Å². The van der Waals surface area contributed by atoms with Crippen LogP contribution in [0.15, 0.2) is 103 Å². The van der Waals surface area contributed by atoms with Crippen LogP contribution in [-0.2, 0) is 0 Å². The highest BCUT2D eigenvalue weighted by Crippen LogP contribution is 2.56. The van der Waals surface area contributed by atoms with Gasteiger partial charge in [-0.25, -0.2) is 0 Å². The summed E-state index contributed by atoms with van der Waals surface area (Å²) in [5, 5.41) is 23.2. The quantitative estimate of drug-likeness (QED) is 0.352. The third-order valence-corrected chi connectivity index (χ3v) is 7.40. The van der Waals surface area contributed by atoms with Crippen LogP contribution in [0.3, 0.4) is 0 Å². The molecule has 4 aromatic rings. The molecule has 0 aliphatic carbocycles. The topological polar surface area (TPSA) is 67.9 Å². The van der Waals surface area contributed by atoms with Crippen molar-refractivity contribution in [3.63, 3.8) is 0 Å². The second kappa shape index (κ2) is 7.97. The van der Waals surface area contributed by atoms with Crippen molar-refractivity contribution in [1.82, 2.24) is 0 Å². The van der Waals surface area contributed by atoms with Crippen molar-refractivity contribution in [3.8, 4) is 12.1 Å². The molecule has 1 fully saturated rings. The molecular weight excluding hydrogens is 430 g/mol. The summed E-state index contributed by atoms with van der Waals surface area (Å²) >= 11 is 0. The van der Waals surface area contributed by atoms with Crippen LogP contribution in [0.1, 0.15) is 27.4 Å². The molecule has 0 bridgehead atoms. The second-order valence-corrected chi connectivity index (χ2v) is 9.09. The van der Waals surface area contributed by atoms with Crippen molar-refractivity contribution in [2.45, 2.75) is 18.0 Å². The molecule has 3 atom stereocenters. The van der Waals surface area contributed by atoms with Gasteiger partial charge >= 0.3 is 0 Å². The van der Waals surface area contributed by atoms with E-state index in [1.165, 1.54) is 0 Å². The van der Waals surface area contributed by atoms with Crippen LogP contribution in [0.4, 0.5) is 5.69 Å². The number of Topliss-reactive ketones (excluding diaryl/α,β-unsaturated/α-hetero) is 1. The minimum absolute atomic E-state index is 0.0914. The summed E-state index contributed by atoms with van der Waals surface area (Å²) in [5.74, 6) is -0.718. The van der Waals surface area contributed by atoms with Crippen LogP contribution in [0.5, 0.6) is 0 Å². The van der Waals surface area contributed by atoms with Crippen molar-refractivity contribution >= 4 is 28.3 Å². The molecule has 0 saturated carbocycles. The van der Waals surface area contributed by atoms with Crippen molar-refractivity contribution < 1.29 is 4.79 Å². The van der Waals surface area contributed by atoms with Gasteiger partial charge in [-0.2, -0.15) is 10.5 Å². The van der Waals surface area contributed by atoms with Gasteiger partial charge in [0.15, 0.2) is 11.2 Å². The predicted octanol–water partition coefficient (Wildman–Crippen LogP) is 6.12. The Labute approximate surface area is 204 Å². The Morgan fingerprint density at radius 2 is 1.46 bits per heavy atom. The molecule has 35 heavy (non-hydrogen) atoms. The lowest BCUT2D eigenvalue weighted by molar-refractivity contribution is 0.0951. The number of hydrogen-bond donors (Lipinski definition) is 0. The first-order valence-electron chi connectivity index (χ1n) is 11.6. The first-order valence-corrected chi connectivity index (χ1v) is 11.6. The standard InChI is InChI=1S/C31H21N3O/c32-19-31(20-33)27-18-16-25-24-14-8-7-9-21(24)15-17-26(25)34(27)29(28(31)22-10-3-1-4-11-22)30(35)23-12-5-2-6-13-23/h1-18,27-29H/t27-,28+,29-/m0/s1. The zero-order valence-electron chi connectivity index (χ0n) is 18.9. The van der Waals surface area contributed by atoms with Gasteiger partial charge in [-0.15, -0.1) is 0 Å². The Hall–Kier alpha value is -4.67. The molecule has 0 amide bonds. The third-order valence-electron chi connectivity index (χ3n) is 7.40. The van der Waals surface area contributed by atoms with Gasteiger partial charge in [0.1, 0.15) is 6.04 Å². The van der Waals surface area contributed by atoms with E-state index in [4.69, 9.17) is 0 Å². The SMILES string of the molecule is N#CC1(C#N)[C@H](c2ccccc2)[C@@H](C(=O)c2ccccc2)N2c3ccc4ccccc4c3C=C[C@H]21. The van der Waals surface area contributed by atoms with E-state index in [0.717, 1.165) is 27.6 Å². The van der Waals surface area contributed by atoms with Crippen LogP contribution >= 0.6 is 0 Å². The lowest BCUT2D eigenvalue weighted by Crippen LogP contribution is -2.44. The number of benzene rings is 4. The molecule has 2 heterocycles. The van der Waals surface area contributed by atoms with Gasteiger partial charge in [0.2, 0.25) is 0 Å². The maximum Gasteiger partial charge on any atom is 0.185 e. The fourth-order valence-electron chi connectivity index (χ4n) is 5.85. The van der Waals surface area contributed by atoms with E-state index in [0.29, 0.717) is 5.56 Å². The lowest BCUT2D eigenvalue weighted by atomic mass is 9.69. The summed E-state index contributed by atoms with van der Waals surface area (Å²) in [6.45, 7) is 0. The van der Waals surface area contributed by atoms with Crippen LogP contribution in [0.2, 0.25) is 0 Å². The first kappa shape index (κ1) is 20.9. The molecule has 0 aromatic heterocycles. The zero-order chi connectivity index (χ0) is 24.0. The average Bonchev–Trinajstić information content (AvgIpc) is 3.24. The second-order valence-electron chi connectivity index (χ2n) is 9.09. The van der Waals surface area contributed by atoms with E-state index in [1.807, 2.05) is 89.8 Å². The molecule has 0 radical (unpaired) electrons. The molecule has 166 valence electrons. The Kier molecular flexibility index (Phi) is 4.76. The summed E-state index contributed by atoms with van der Waals surface area (Å²) in [4.78, 5) is 16.2. The largest absolute Gasteiger partial charge is 0.351 e. The maximum atomic E-state index is 14.2. The molecule has 0 N–H and O–H groups in total. The summed E-state index contributed by atoms with van der Waals surface area (Å²) in [6.07, 6.45) is 3.95. The molecular formula is C31H21N3O.